The Labute approximate surface area is 150 Å². The van der Waals surface area contributed by atoms with Gasteiger partial charge in [-0.3, -0.25) is 9.69 Å². The van der Waals surface area contributed by atoms with E-state index in [4.69, 9.17) is 10.00 Å². The number of nitrogens with zero attached hydrogens (tertiary/aromatic N) is 3. The molecule has 2 saturated heterocycles. The summed E-state index contributed by atoms with van der Waals surface area (Å²) in [4.78, 5) is 17.2. The maximum absolute atomic E-state index is 12.6. The maximum atomic E-state index is 12.6. The summed E-state index contributed by atoms with van der Waals surface area (Å²) < 4.78 is 5.46. The third kappa shape index (κ3) is 4.59. The van der Waals surface area contributed by atoms with Crippen molar-refractivity contribution in [1.82, 2.24) is 9.80 Å². The summed E-state index contributed by atoms with van der Waals surface area (Å²) in [5.74, 6) is 0.239. The number of rotatable bonds is 4. The molecule has 5 heteroatoms. The van der Waals surface area contributed by atoms with E-state index >= 15 is 0 Å². The summed E-state index contributed by atoms with van der Waals surface area (Å²) in [5, 5.41) is 8.84. The highest BCUT2D eigenvalue weighted by molar-refractivity contribution is 5.77. The van der Waals surface area contributed by atoms with Crippen molar-refractivity contribution in [2.45, 2.75) is 44.7 Å². The number of nitriles is 1. The molecule has 25 heavy (non-hydrogen) atoms. The molecule has 2 fully saturated rings. The van der Waals surface area contributed by atoms with Crippen molar-refractivity contribution in [2.75, 3.05) is 32.8 Å². The molecule has 1 aromatic rings. The Hall–Kier alpha value is -1.90. The van der Waals surface area contributed by atoms with Gasteiger partial charge in [0.1, 0.15) is 0 Å². The predicted molar refractivity (Wildman–Crippen MR) is 96.1 cm³/mol. The van der Waals surface area contributed by atoms with Gasteiger partial charge in [-0.1, -0.05) is 12.1 Å². The first kappa shape index (κ1) is 17.9. The van der Waals surface area contributed by atoms with Crippen LogP contribution in [0.3, 0.4) is 0 Å². The van der Waals surface area contributed by atoms with E-state index in [9.17, 15) is 4.79 Å². The number of ether oxygens (including phenoxy) is 1. The maximum Gasteiger partial charge on any atom is 0.223 e. The SMILES string of the molecule is C[C@H]1CN(C2CCOCC2)CCN1C(=O)CCc1ccc(C#N)cc1. The van der Waals surface area contributed by atoms with Crippen LogP contribution >= 0.6 is 0 Å². The lowest BCUT2D eigenvalue weighted by Gasteiger charge is -2.44. The van der Waals surface area contributed by atoms with Gasteiger partial charge in [-0.15, -0.1) is 0 Å². The topological polar surface area (TPSA) is 56.6 Å². The van der Waals surface area contributed by atoms with Crippen LogP contribution in [0.4, 0.5) is 0 Å². The third-order valence-corrected chi connectivity index (χ3v) is 5.40. The Morgan fingerprint density at radius 1 is 1.24 bits per heavy atom. The fraction of sp³-hybridized carbons (Fsp3) is 0.600. The normalized spacial score (nSPS) is 22.6. The van der Waals surface area contributed by atoms with E-state index in [0.29, 0.717) is 18.0 Å². The fourth-order valence-corrected chi connectivity index (χ4v) is 3.88. The highest BCUT2D eigenvalue weighted by Crippen LogP contribution is 2.20. The van der Waals surface area contributed by atoms with Gasteiger partial charge in [0, 0.05) is 51.4 Å². The number of hydrogen-bond donors (Lipinski definition) is 0. The van der Waals surface area contributed by atoms with E-state index in [1.165, 1.54) is 0 Å². The van der Waals surface area contributed by atoms with Crippen LogP contribution in [0.5, 0.6) is 0 Å². The second kappa shape index (κ2) is 8.46. The molecule has 0 saturated carbocycles. The van der Waals surface area contributed by atoms with Crippen molar-refractivity contribution in [3.63, 3.8) is 0 Å². The van der Waals surface area contributed by atoms with E-state index in [1.54, 1.807) is 0 Å². The summed E-state index contributed by atoms with van der Waals surface area (Å²) >= 11 is 0. The first-order chi connectivity index (χ1) is 12.2. The molecule has 134 valence electrons. The number of amides is 1. The number of carbonyl (C=O) groups excluding carboxylic acids is 1. The van der Waals surface area contributed by atoms with Gasteiger partial charge in [-0.25, -0.2) is 0 Å². The van der Waals surface area contributed by atoms with Gasteiger partial charge < -0.3 is 9.64 Å². The molecule has 1 amide bonds. The minimum Gasteiger partial charge on any atom is -0.381 e. The summed E-state index contributed by atoms with van der Waals surface area (Å²) in [6.45, 7) is 6.65. The van der Waals surface area contributed by atoms with Crippen molar-refractivity contribution in [2.24, 2.45) is 0 Å². The molecule has 5 nitrogen and oxygen atoms in total. The average molecular weight is 341 g/mol. The highest BCUT2D eigenvalue weighted by Gasteiger charge is 2.31. The molecule has 3 rings (SSSR count). The van der Waals surface area contributed by atoms with Crippen molar-refractivity contribution in [3.05, 3.63) is 35.4 Å². The van der Waals surface area contributed by atoms with E-state index < -0.39 is 0 Å². The predicted octanol–water partition coefficient (Wildman–Crippen LogP) is 2.20. The molecule has 0 radical (unpaired) electrons. The van der Waals surface area contributed by atoms with Crippen molar-refractivity contribution in [1.29, 1.82) is 5.26 Å². The number of benzene rings is 1. The van der Waals surface area contributed by atoms with Gasteiger partial charge in [-0.2, -0.15) is 5.26 Å². The van der Waals surface area contributed by atoms with Crippen LogP contribution in [-0.2, 0) is 16.0 Å². The van der Waals surface area contributed by atoms with Crippen LogP contribution in [0, 0.1) is 11.3 Å². The molecule has 2 aliphatic heterocycles. The molecule has 2 heterocycles. The Morgan fingerprint density at radius 2 is 1.96 bits per heavy atom. The van der Waals surface area contributed by atoms with E-state index in [-0.39, 0.29) is 11.9 Å². The molecule has 2 aliphatic rings. The average Bonchev–Trinajstić information content (AvgIpc) is 2.67. The molecular weight excluding hydrogens is 314 g/mol. The van der Waals surface area contributed by atoms with Crippen molar-refractivity contribution >= 4 is 5.91 Å². The van der Waals surface area contributed by atoms with Gasteiger partial charge in [0.15, 0.2) is 0 Å². The van der Waals surface area contributed by atoms with Crippen LogP contribution in [0.25, 0.3) is 0 Å². The fourth-order valence-electron chi connectivity index (χ4n) is 3.88. The smallest absolute Gasteiger partial charge is 0.223 e. The second-order valence-corrected chi connectivity index (χ2v) is 7.08. The second-order valence-electron chi connectivity index (χ2n) is 7.08. The van der Waals surface area contributed by atoms with E-state index in [2.05, 4.69) is 17.9 Å². The number of aryl methyl sites for hydroxylation is 1. The zero-order chi connectivity index (χ0) is 17.6. The lowest BCUT2D eigenvalue weighted by molar-refractivity contribution is -0.136. The molecule has 0 aromatic heterocycles. The van der Waals surface area contributed by atoms with Crippen LogP contribution in [-0.4, -0.2) is 60.6 Å². The summed E-state index contributed by atoms with van der Waals surface area (Å²) in [7, 11) is 0. The number of carbonyl (C=O) groups is 1. The standard InChI is InChI=1S/C20H27N3O2/c1-16-15-22(19-8-12-25-13-9-19)10-11-23(16)20(24)7-6-17-2-4-18(14-21)5-3-17/h2-5,16,19H,6-13,15H2,1H3/t16-/m0/s1. The zero-order valence-electron chi connectivity index (χ0n) is 15.0. The number of piperazine rings is 1. The Balaban J connectivity index is 1.48. The van der Waals surface area contributed by atoms with Crippen LogP contribution in [0.1, 0.15) is 37.3 Å². The Bertz CT molecular complexity index is 617. The first-order valence-electron chi connectivity index (χ1n) is 9.27. The van der Waals surface area contributed by atoms with Gasteiger partial charge in [0.25, 0.3) is 0 Å². The van der Waals surface area contributed by atoms with Gasteiger partial charge in [0.05, 0.1) is 11.6 Å². The molecule has 1 atom stereocenters. The van der Waals surface area contributed by atoms with Crippen molar-refractivity contribution < 1.29 is 9.53 Å². The largest absolute Gasteiger partial charge is 0.381 e. The molecular formula is C20H27N3O2. The molecule has 0 unspecified atom stereocenters. The van der Waals surface area contributed by atoms with Gasteiger partial charge in [0.2, 0.25) is 5.91 Å². The monoisotopic (exact) mass is 341 g/mol. The Kier molecular flexibility index (Phi) is 6.06. The van der Waals surface area contributed by atoms with E-state index in [0.717, 1.165) is 57.7 Å². The minimum atomic E-state index is 0.239. The minimum absolute atomic E-state index is 0.239. The highest BCUT2D eigenvalue weighted by atomic mass is 16.5. The third-order valence-electron chi connectivity index (χ3n) is 5.40. The first-order valence-corrected chi connectivity index (χ1v) is 9.27. The molecule has 0 spiro atoms. The molecule has 0 aliphatic carbocycles. The molecule has 0 N–H and O–H groups in total. The van der Waals surface area contributed by atoms with Crippen LogP contribution in [0.15, 0.2) is 24.3 Å². The van der Waals surface area contributed by atoms with Gasteiger partial charge >= 0.3 is 0 Å². The van der Waals surface area contributed by atoms with Crippen LogP contribution < -0.4 is 0 Å². The molecule has 1 aromatic carbocycles. The molecule has 0 bridgehead atoms. The summed E-state index contributed by atoms with van der Waals surface area (Å²) in [6, 6.07) is 10.5. The van der Waals surface area contributed by atoms with E-state index in [1.807, 2.05) is 29.2 Å². The lowest BCUT2D eigenvalue weighted by atomic mass is 10.0. The van der Waals surface area contributed by atoms with Crippen LogP contribution in [0.2, 0.25) is 0 Å². The zero-order valence-corrected chi connectivity index (χ0v) is 15.0. The van der Waals surface area contributed by atoms with Gasteiger partial charge in [-0.05, 0) is 43.9 Å². The Morgan fingerprint density at radius 3 is 2.60 bits per heavy atom. The number of hydrogen-bond acceptors (Lipinski definition) is 4. The summed E-state index contributed by atoms with van der Waals surface area (Å²) in [5.41, 5.74) is 1.77. The van der Waals surface area contributed by atoms with Crippen molar-refractivity contribution in [3.8, 4) is 6.07 Å². The quantitative estimate of drug-likeness (QED) is 0.842. The summed E-state index contributed by atoms with van der Waals surface area (Å²) in [6.07, 6.45) is 3.49. The lowest BCUT2D eigenvalue weighted by Crippen LogP contribution is -2.57.